The third-order valence-corrected chi connectivity index (χ3v) is 4.87. The van der Waals surface area contributed by atoms with E-state index < -0.39 is 0 Å². The molecule has 0 aliphatic carbocycles. The van der Waals surface area contributed by atoms with E-state index in [2.05, 4.69) is 20.3 Å². The lowest BCUT2D eigenvalue weighted by molar-refractivity contribution is 0.0684. The van der Waals surface area contributed by atoms with Gasteiger partial charge in [-0.25, -0.2) is 9.50 Å². The highest BCUT2D eigenvalue weighted by molar-refractivity contribution is 5.95. The Balaban J connectivity index is 1.68. The summed E-state index contributed by atoms with van der Waals surface area (Å²) in [5.74, 6) is 0.773. The van der Waals surface area contributed by atoms with Crippen molar-refractivity contribution in [2.24, 2.45) is 0 Å². The van der Waals surface area contributed by atoms with E-state index in [1.165, 1.54) is 0 Å². The van der Waals surface area contributed by atoms with Crippen molar-refractivity contribution < 1.29 is 9.53 Å². The molecule has 4 heterocycles. The Morgan fingerprint density at radius 3 is 2.96 bits per heavy atom. The second-order valence-electron chi connectivity index (χ2n) is 6.42. The molecule has 1 aliphatic rings. The maximum atomic E-state index is 13.1. The van der Waals surface area contributed by atoms with Crippen LogP contribution in [0.1, 0.15) is 40.0 Å². The summed E-state index contributed by atoms with van der Waals surface area (Å²) in [7, 11) is 1.68. The number of pyridine rings is 1. The molecule has 1 N–H and O–H groups in total. The SMILES string of the molecule is CO[C@@H]1C[C@@H](c2nc(C)c(C)[nH]2)N(C(=O)c2ccn3nncc3c2)C1. The summed E-state index contributed by atoms with van der Waals surface area (Å²) >= 11 is 0. The number of hydrogen-bond donors (Lipinski definition) is 1. The molecule has 3 aromatic heterocycles. The molecule has 1 amide bonds. The van der Waals surface area contributed by atoms with Crippen molar-refractivity contribution in [3.63, 3.8) is 0 Å². The van der Waals surface area contributed by atoms with E-state index in [-0.39, 0.29) is 18.1 Å². The highest BCUT2D eigenvalue weighted by atomic mass is 16.5. The summed E-state index contributed by atoms with van der Waals surface area (Å²) in [4.78, 5) is 22.9. The van der Waals surface area contributed by atoms with Gasteiger partial charge in [0.1, 0.15) is 5.82 Å². The zero-order valence-electron chi connectivity index (χ0n) is 14.4. The number of nitrogens with one attached hydrogen (secondary N) is 1. The zero-order valence-corrected chi connectivity index (χ0v) is 14.4. The minimum absolute atomic E-state index is 0.0000250. The molecule has 8 nitrogen and oxygen atoms in total. The summed E-state index contributed by atoms with van der Waals surface area (Å²) in [6.45, 7) is 4.49. The van der Waals surface area contributed by atoms with Gasteiger partial charge in [-0.1, -0.05) is 5.21 Å². The summed E-state index contributed by atoms with van der Waals surface area (Å²) in [5, 5.41) is 7.78. The standard InChI is InChI=1S/C17H20N6O2/c1-10-11(2)20-16(19-10)15-7-14(25-3)9-22(15)17(24)12-4-5-23-13(6-12)8-18-21-23/h4-6,8,14-15H,7,9H2,1-3H3,(H,19,20)/t14-,15+/m1/s1. The van der Waals surface area contributed by atoms with Gasteiger partial charge in [0.15, 0.2) is 0 Å². The Morgan fingerprint density at radius 2 is 2.24 bits per heavy atom. The first-order valence-electron chi connectivity index (χ1n) is 8.23. The molecule has 1 saturated heterocycles. The fourth-order valence-electron chi connectivity index (χ4n) is 3.31. The summed E-state index contributed by atoms with van der Waals surface area (Å²) in [6, 6.07) is 3.45. The third kappa shape index (κ3) is 2.68. The highest BCUT2D eigenvalue weighted by Crippen LogP contribution is 2.33. The van der Waals surface area contributed by atoms with E-state index in [0.29, 0.717) is 12.1 Å². The topological polar surface area (TPSA) is 88.4 Å². The molecule has 0 unspecified atom stereocenters. The van der Waals surface area contributed by atoms with Crippen LogP contribution in [0, 0.1) is 13.8 Å². The van der Waals surface area contributed by atoms with Crippen molar-refractivity contribution in [3.8, 4) is 0 Å². The predicted molar refractivity (Wildman–Crippen MR) is 90.2 cm³/mol. The average Bonchev–Trinajstić information content (AvgIpc) is 3.32. The van der Waals surface area contributed by atoms with E-state index in [1.54, 1.807) is 36.2 Å². The first-order valence-corrected chi connectivity index (χ1v) is 8.23. The van der Waals surface area contributed by atoms with Crippen LogP contribution in [0.25, 0.3) is 5.52 Å². The molecule has 1 fully saturated rings. The molecular weight excluding hydrogens is 320 g/mol. The molecule has 0 saturated carbocycles. The third-order valence-electron chi connectivity index (χ3n) is 4.87. The quantitative estimate of drug-likeness (QED) is 0.783. The van der Waals surface area contributed by atoms with Crippen molar-refractivity contribution in [1.82, 2.24) is 29.7 Å². The Morgan fingerprint density at radius 1 is 1.40 bits per heavy atom. The molecule has 0 spiro atoms. The Labute approximate surface area is 144 Å². The van der Waals surface area contributed by atoms with Gasteiger partial charge in [-0.15, -0.1) is 5.10 Å². The lowest BCUT2D eigenvalue weighted by Gasteiger charge is -2.23. The van der Waals surface area contributed by atoms with Crippen molar-refractivity contribution in [1.29, 1.82) is 0 Å². The van der Waals surface area contributed by atoms with E-state index in [0.717, 1.165) is 29.1 Å². The number of nitrogens with zero attached hydrogens (tertiary/aromatic N) is 5. The maximum absolute atomic E-state index is 13.1. The van der Waals surface area contributed by atoms with Crippen LogP contribution in [-0.4, -0.2) is 55.4 Å². The lowest BCUT2D eigenvalue weighted by Crippen LogP contribution is -2.32. The van der Waals surface area contributed by atoms with Gasteiger partial charge < -0.3 is 14.6 Å². The number of carbonyl (C=O) groups is 1. The van der Waals surface area contributed by atoms with Crippen LogP contribution in [0.4, 0.5) is 0 Å². The van der Waals surface area contributed by atoms with Crippen LogP contribution in [0.2, 0.25) is 0 Å². The number of ether oxygens (including phenoxy) is 1. The summed E-state index contributed by atoms with van der Waals surface area (Å²) in [5.41, 5.74) is 3.37. The normalized spacial score (nSPS) is 20.5. The number of rotatable bonds is 3. The molecule has 25 heavy (non-hydrogen) atoms. The van der Waals surface area contributed by atoms with Crippen LogP contribution in [0.5, 0.6) is 0 Å². The number of aromatic nitrogens is 5. The molecule has 4 rings (SSSR count). The van der Waals surface area contributed by atoms with Crippen LogP contribution in [0.3, 0.4) is 0 Å². The molecule has 2 atom stereocenters. The minimum atomic E-state index is -0.121. The van der Waals surface area contributed by atoms with E-state index in [1.807, 2.05) is 18.7 Å². The van der Waals surface area contributed by atoms with Crippen LogP contribution in [0.15, 0.2) is 24.5 Å². The Kier molecular flexibility index (Phi) is 3.76. The molecule has 8 heteroatoms. The zero-order chi connectivity index (χ0) is 17.6. The Bertz CT molecular complexity index is 911. The highest BCUT2D eigenvalue weighted by Gasteiger charge is 2.38. The molecule has 0 radical (unpaired) electrons. The molecule has 0 bridgehead atoms. The first kappa shape index (κ1) is 15.8. The first-order chi connectivity index (χ1) is 12.1. The number of aromatic amines is 1. The number of imidazole rings is 1. The van der Waals surface area contributed by atoms with Crippen molar-refractivity contribution in [2.45, 2.75) is 32.4 Å². The second kappa shape index (κ2) is 5.96. The number of H-pyrrole nitrogens is 1. The van der Waals surface area contributed by atoms with Crippen LogP contribution in [-0.2, 0) is 4.74 Å². The number of methoxy groups -OCH3 is 1. The van der Waals surface area contributed by atoms with Gasteiger partial charge in [0, 0.05) is 37.5 Å². The fraction of sp³-hybridized carbons (Fsp3) is 0.412. The van der Waals surface area contributed by atoms with Crippen molar-refractivity contribution in [2.75, 3.05) is 13.7 Å². The van der Waals surface area contributed by atoms with Gasteiger partial charge in [0.25, 0.3) is 5.91 Å². The molecule has 0 aromatic carbocycles. The molecule has 130 valence electrons. The van der Waals surface area contributed by atoms with Crippen LogP contribution >= 0.6 is 0 Å². The van der Waals surface area contributed by atoms with Gasteiger partial charge in [-0.05, 0) is 26.0 Å². The predicted octanol–water partition coefficient (Wildman–Crippen LogP) is 1.67. The van der Waals surface area contributed by atoms with E-state index in [4.69, 9.17) is 4.74 Å². The van der Waals surface area contributed by atoms with Gasteiger partial charge in [-0.2, -0.15) is 0 Å². The Hall–Kier alpha value is -2.74. The van der Waals surface area contributed by atoms with Crippen molar-refractivity contribution in [3.05, 3.63) is 47.3 Å². The second-order valence-corrected chi connectivity index (χ2v) is 6.42. The largest absolute Gasteiger partial charge is 0.380 e. The fourth-order valence-corrected chi connectivity index (χ4v) is 3.31. The van der Waals surface area contributed by atoms with Gasteiger partial charge in [0.2, 0.25) is 0 Å². The smallest absolute Gasteiger partial charge is 0.254 e. The van der Waals surface area contributed by atoms with E-state index in [9.17, 15) is 4.79 Å². The van der Waals surface area contributed by atoms with Gasteiger partial charge in [0.05, 0.1) is 29.6 Å². The van der Waals surface area contributed by atoms with Gasteiger partial charge in [-0.3, -0.25) is 4.79 Å². The van der Waals surface area contributed by atoms with Crippen molar-refractivity contribution >= 4 is 11.4 Å². The molecule has 3 aromatic rings. The summed E-state index contributed by atoms with van der Waals surface area (Å²) in [6.07, 6.45) is 4.11. The molecular formula is C17H20N6O2. The van der Waals surface area contributed by atoms with E-state index >= 15 is 0 Å². The van der Waals surface area contributed by atoms with Gasteiger partial charge >= 0.3 is 0 Å². The number of hydrogen-bond acceptors (Lipinski definition) is 5. The number of likely N-dealkylation sites (tertiary alicyclic amines) is 1. The summed E-state index contributed by atoms with van der Waals surface area (Å²) < 4.78 is 7.15. The number of aryl methyl sites for hydroxylation is 2. The molecule has 1 aliphatic heterocycles. The average molecular weight is 340 g/mol. The number of fused-ring (bicyclic) bond motifs is 1. The monoisotopic (exact) mass is 340 g/mol. The lowest BCUT2D eigenvalue weighted by atomic mass is 10.1. The minimum Gasteiger partial charge on any atom is -0.380 e. The maximum Gasteiger partial charge on any atom is 0.254 e. The van der Waals surface area contributed by atoms with Crippen LogP contribution < -0.4 is 0 Å². The number of amides is 1. The number of carbonyl (C=O) groups excluding carboxylic acids is 1.